The lowest BCUT2D eigenvalue weighted by atomic mass is 10.1. The van der Waals surface area contributed by atoms with Crippen LogP contribution in [0.4, 0.5) is 0 Å². The summed E-state index contributed by atoms with van der Waals surface area (Å²) in [5, 5.41) is 4.93. The van der Waals surface area contributed by atoms with Gasteiger partial charge in [0.25, 0.3) is 0 Å². The molecule has 1 N–H and O–H groups in total. The lowest BCUT2D eigenvalue weighted by molar-refractivity contribution is 0.0929. The van der Waals surface area contributed by atoms with Crippen LogP contribution >= 0.6 is 15.9 Å². The van der Waals surface area contributed by atoms with Gasteiger partial charge in [0.15, 0.2) is 17.3 Å². The van der Waals surface area contributed by atoms with E-state index in [1.807, 2.05) is 44.2 Å². The zero-order valence-electron chi connectivity index (χ0n) is 15.2. The molecule has 0 saturated carbocycles. The number of aryl methyl sites for hydroxylation is 1. The number of carbonyl (C=O) groups excluding carboxylic acids is 1. The number of hydrogen-bond donors (Lipinski definition) is 1. The van der Waals surface area contributed by atoms with Crippen LogP contribution in [0.1, 0.15) is 28.6 Å². The molecule has 0 radical (unpaired) electrons. The van der Waals surface area contributed by atoms with Crippen molar-refractivity contribution in [2.45, 2.75) is 13.8 Å². The number of benzene rings is 2. The molecule has 1 amide bonds. The summed E-state index contributed by atoms with van der Waals surface area (Å²) in [6.45, 7) is 4.27. The Kier molecular flexibility index (Phi) is 5.81. The van der Waals surface area contributed by atoms with Crippen LogP contribution in [0.2, 0.25) is 0 Å². The average Bonchev–Trinajstić information content (AvgIpc) is 3.01. The fourth-order valence-electron chi connectivity index (χ4n) is 2.71. The van der Waals surface area contributed by atoms with Gasteiger partial charge >= 0.3 is 5.91 Å². The van der Waals surface area contributed by atoms with Crippen LogP contribution in [0, 0.1) is 6.92 Å². The van der Waals surface area contributed by atoms with E-state index in [9.17, 15) is 4.79 Å². The predicted molar refractivity (Wildman–Crippen MR) is 108 cm³/mol. The number of fused-ring (bicyclic) bond motifs is 1. The van der Waals surface area contributed by atoms with Crippen LogP contribution in [0.25, 0.3) is 11.0 Å². The minimum Gasteiger partial charge on any atom is -0.493 e. The van der Waals surface area contributed by atoms with E-state index < -0.39 is 5.91 Å². The number of carbonyl (C=O) groups is 1. The first kappa shape index (κ1) is 19.0. The smallest absolute Gasteiger partial charge is 0.307 e. The number of para-hydroxylation sites is 1. The zero-order valence-corrected chi connectivity index (χ0v) is 16.8. The molecule has 0 aliphatic rings. The molecule has 7 heteroatoms. The summed E-state index contributed by atoms with van der Waals surface area (Å²) in [4.78, 5) is 12.4. The number of halogens is 1. The molecule has 140 valence electrons. The Balaban J connectivity index is 1.77. The van der Waals surface area contributed by atoms with E-state index in [-0.39, 0.29) is 5.76 Å². The number of furan rings is 1. The molecule has 0 aliphatic heterocycles. The number of nitrogens with zero attached hydrogens (tertiary/aromatic N) is 1. The Labute approximate surface area is 165 Å². The van der Waals surface area contributed by atoms with Crippen molar-refractivity contribution in [3.05, 3.63) is 57.8 Å². The minimum atomic E-state index is -0.406. The van der Waals surface area contributed by atoms with E-state index in [4.69, 9.17) is 13.9 Å². The van der Waals surface area contributed by atoms with Crippen LogP contribution in [0.3, 0.4) is 0 Å². The first-order chi connectivity index (χ1) is 13.0. The molecule has 0 atom stereocenters. The topological polar surface area (TPSA) is 73.1 Å². The maximum atomic E-state index is 12.4. The molecule has 0 bridgehead atoms. The zero-order chi connectivity index (χ0) is 19.4. The summed E-state index contributed by atoms with van der Waals surface area (Å²) < 4.78 is 17.3. The highest BCUT2D eigenvalue weighted by atomic mass is 79.9. The molecule has 27 heavy (non-hydrogen) atoms. The van der Waals surface area contributed by atoms with Crippen molar-refractivity contribution in [3.63, 3.8) is 0 Å². The van der Waals surface area contributed by atoms with Gasteiger partial charge in [-0.3, -0.25) is 4.79 Å². The largest absolute Gasteiger partial charge is 0.493 e. The van der Waals surface area contributed by atoms with Crippen molar-refractivity contribution in [1.82, 2.24) is 5.43 Å². The van der Waals surface area contributed by atoms with Gasteiger partial charge in [-0.2, -0.15) is 5.10 Å². The summed E-state index contributed by atoms with van der Waals surface area (Å²) >= 11 is 3.46. The van der Waals surface area contributed by atoms with Gasteiger partial charge in [-0.05, 0) is 53.5 Å². The normalized spacial score (nSPS) is 11.1. The number of ether oxygens (including phenoxy) is 2. The highest BCUT2D eigenvalue weighted by Gasteiger charge is 2.17. The summed E-state index contributed by atoms with van der Waals surface area (Å²) in [6.07, 6.45) is 1.53. The number of methoxy groups -OCH3 is 1. The van der Waals surface area contributed by atoms with E-state index in [1.165, 1.54) is 6.21 Å². The van der Waals surface area contributed by atoms with Gasteiger partial charge in [0.05, 0.1) is 24.4 Å². The number of hydrazone groups is 1. The average molecular weight is 431 g/mol. The predicted octanol–water partition coefficient (Wildman–Crippen LogP) is 4.67. The molecule has 2 aromatic carbocycles. The van der Waals surface area contributed by atoms with Crippen molar-refractivity contribution >= 4 is 39.0 Å². The lowest BCUT2D eigenvalue weighted by Crippen LogP contribution is -2.17. The maximum absolute atomic E-state index is 12.4. The molecule has 1 heterocycles. The van der Waals surface area contributed by atoms with Crippen molar-refractivity contribution in [2.24, 2.45) is 5.10 Å². The third-order valence-corrected chi connectivity index (χ3v) is 4.56. The Morgan fingerprint density at radius 2 is 2.11 bits per heavy atom. The van der Waals surface area contributed by atoms with Crippen LogP contribution in [-0.2, 0) is 0 Å². The standard InChI is InChI=1S/C20H19BrN2O4/c1-4-26-19-15(21)9-13(10-17(19)25-3)11-22-23-20(24)18-12(2)14-7-5-6-8-16(14)27-18/h5-11H,4H2,1-3H3,(H,23,24). The number of nitrogens with one attached hydrogen (secondary N) is 1. The molecule has 6 nitrogen and oxygen atoms in total. The third-order valence-electron chi connectivity index (χ3n) is 3.97. The third kappa shape index (κ3) is 3.98. The first-order valence-electron chi connectivity index (χ1n) is 8.37. The fourth-order valence-corrected chi connectivity index (χ4v) is 3.28. The summed E-state index contributed by atoms with van der Waals surface area (Å²) in [5.41, 5.74) is 4.69. The van der Waals surface area contributed by atoms with Crippen molar-refractivity contribution < 1.29 is 18.7 Å². The molecule has 0 aliphatic carbocycles. The quantitative estimate of drug-likeness (QED) is 0.455. The lowest BCUT2D eigenvalue weighted by Gasteiger charge is -2.11. The van der Waals surface area contributed by atoms with Gasteiger partial charge in [-0.25, -0.2) is 5.43 Å². The van der Waals surface area contributed by atoms with Crippen LogP contribution in [-0.4, -0.2) is 25.8 Å². The van der Waals surface area contributed by atoms with Crippen LogP contribution in [0.5, 0.6) is 11.5 Å². The molecule has 0 spiro atoms. The summed E-state index contributed by atoms with van der Waals surface area (Å²) in [5.74, 6) is 1.04. The van der Waals surface area contributed by atoms with E-state index in [2.05, 4.69) is 26.5 Å². The summed E-state index contributed by atoms with van der Waals surface area (Å²) in [7, 11) is 1.57. The van der Waals surface area contributed by atoms with E-state index in [0.29, 0.717) is 23.7 Å². The highest BCUT2D eigenvalue weighted by Crippen LogP contribution is 2.36. The van der Waals surface area contributed by atoms with E-state index in [0.717, 1.165) is 21.0 Å². The van der Waals surface area contributed by atoms with Crippen LogP contribution < -0.4 is 14.9 Å². The second-order valence-electron chi connectivity index (χ2n) is 5.72. The Morgan fingerprint density at radius 1 is 1.33 bits per heavy atom. The first-order valence-corrected chi connectivity index (χ1v) is 9.16. The van der Waals surface area contributed by atoms with Crippen molar-refractivity contribution in [2.75, 3.05) is 13.7 Å². The second-order valence-corrected chi connectivity index (χ2v) is 6.57. The Hall–Kier alpha value is -2.80. The SMILES string of the molecule is CCOc1c(Br)cc(C=NNC(=O)c2oc3ccccc3c2C)cc1OC. The minimum absolute atomic E-state index is 0.249. The van der Waals surface area contributed by atoms with E-state index in [1.54, 1.807) is 13.2 Å². The number of hydrogen-bond acceptors (Lipinski definition) is 5. The molecular weight excluding hydrogens is 412 g/mol. The number of rotatable bonds is 6. The molecule has 0 saturated heterocycles. The highest BCUT2D eigenvalue weighted by molar-refractivity contribution is 9.10. The Morgan fingerprint density at radius 3 is 2.81 bits per heavy atom. The maximum Gasteiger partial charge on any atom is 0.307 e. The monoisotopic (exact) mass is 430 g/mol. The van der Waals surface area contributed by atoms with E-state index >= 15 is 0 Å². The summed E-state index contributed by atoms with van der Waals surface area (Å²) in [6, 6.07) is 11.1. The molecule has 1 aromatic heterocycles. The van der Waals surface area contributed by atoms with Gasteiger partial charge in [-0.1, -0.05) is 18.2 Å². The molecule has 0 fully saturated rings. The van der Waals surface area contributed by atoms with Gasteiger partial charge in [-0.15, -0.1) is 0 Å². The van der Waals surface area contributed by atoms with Crippen molar-refractivity contribution in [1.29, 1.82) is 0 Å². The van der Waals surface area contributed by atoms with Gasteiger partial charge in [0.1, 0.15) is 5.58 Å². The fraction of sp³-hybridized carbons (Fsp3) is 0.200. The molecular formula is C20H19BrN2O4. The van der Waals surface area contributed by atoms with Crippen LogP contribution in [0.15, 0.2) is 50.4 Å². The molecule has 0 unspecified atom stereocenters. The van der Waals surface area contributed by atoms with Crippen molar-refractivity contribution in [3.8, 4) is 11.5 Å². The van der Waals surface area contributed by atoms with Gasteiger partial charge in [0.2, 0.25) is 0 Å². The Bertz CT molecular complexity index is 1010. The molecule has 3 rings (SSSR count). The molecule has 3 aromatic rings. The van der Waals surface area contributed by atoms with Gasteiger partial charge in [0, 0.05) is 10.9 Å². The van der Waals surface area contributed by atoms with Gasteiger partial charge < -0.3 is 13.9 Å². The number of amides is 1. The second kappa shape index (κ2) is 8.26.